The van der Waals surface area contributed by atoms with E-state index in [9.17, 15) is 19.7 Å². The van der Waals surface area contributed by atoms with Crippen molar-refractivity contribution in [3.63, 3.8) is 0 Å². The Morgan fingerprint density at radius 3 is 2.42 bits per heavy atom. The first-order valence-corrected chi connectivity index (χ1v) is 7.05. The predicted molar refractivity (Wildman–Crippen MR) is 88.9 cm³/mol. The van der Waals surface area contributed by atoms with Crippen LogP contribution >= 0.6 is 0 Å². The second-order valence-electron chi connectivity index (χ2n) is 5.12. The van der Waals surface area contributed by atoms with Gasteiger partial charge in [0.15, 0.2) is 5.78 Å². The molecular weight excluding hydrogens is 312 g/mol. The van der Waals surface area contributed by atoms with Crippen LogP contribution in [0, 0.1) is 10.1 Å². The molecule has 7 heteroatoms. The van der Waals surface area contributed by atoms with Gasteiger partial charge in [0.1, 0.15) is 11.3 Å². The van der Waals surface area contributed by atoms with Crippen LogP contribution in [0.25, 0.3) is 11.0 Å². The van der Waals surface area contributed by atoms with Crippen molar-refractivity contribution in [2.75, 3.05) is 5.32 Å². The number of nitrogens with zero attached hydrogens (tertiary/aromatic N) is 1. The standard InChI is InChI=1S/C17H12N2O5/c1-10(20)11-6-8-12(9-7-11)18-15-13-4-2-3-5-14(13)24-17(21)16(15)19(22)23/h2-9,18H,1H3. The Hall–Kier alpha value is -3.48. The van der Waals surface area contributed by atoms with Gasteiger partial charge in [0.25, 0.3) is 0 Å². The van der Waals surface area contributed by atoms with Crippen LogP contribution in [-0.2, 0) is 0 Å². The van der Waals surface area contributed by atoms with Crippen molar-refractivity contribution in [1.82, 2.24) is 0 Å². The predicted octanol–water partition coefficient (Wildman–Crippen LogP) is 3.65. The van der Waals surface area contributed by atoms with Gasteiger partial charge in [0.05, 0.1) is 4.92 Å². The number of benzene rings is 2. The number of rotatable bonds is 4. The smallest absolute Gasteiger partial charge is 0.417 e. The molecule has 0 aliphatic heterocycles. The Kier molecular flexibility index (Phi) is 3.83. The minimum Gasteiger partial charge on any atom is -0.418 e. The molecule has 0 bridgehead atoms. The molecule has 120 valence electrons. The Labute approximate surface area is 135 Å². The number of carbonyl (C=O) groups is 1. The van der Waals surface area contributed by atoms with Gasteiger partial charge >= 0.3 is 11.3 Å². The summed E-state index contributed by atoms with van der Waals surface area (Å²) in [6, 6.07) is 13.0. The minimum absolute atomic E-state index is 0.0578. The van der Waals surface area contributed by atoms with Crippen molar-refractivity contribution < 1.29 is 14.1 Å². The summed E-state index contributed by atoms with van der Waals surface area (Å²) in [5, 5.41) is 14.6. The van der Waals surface area contributed by atoms with Crippen LogP contribution in [-0.4, -0.2) is 10.7 Å². The maximum atomic E-state index is 11.9. The number of para-hydroxylation sites is 1. The second-order valence-corrected chi connectivity index (χ2v) is 5.12. The van der Waals surface area contributed by atoms with Crippen molar-refractivity contribution in [3.8, 4) is 0 Å². The molecule has 0 spiro atoms. The number of nitrogens with one attached hydrogen (secondary N) is 1. The van der Waals surface area contributed by atoms with Crippen molar-refractivity contribution in [3.05, 3.63) is 74.6 Å². The zero-order valence-electron chi connectivity index (χ0n) is 12.6. The second kappa shape index (κ2) is 5.96. The van der Waals surface area contributed by atoms with Gasteiger partial charge in [-0.1, -0.05) is 12.1 Å². The highest BCUT2D eigenvalue weighted by Crippen LogP contribution is 2.32. The van der Waals surface area contributed by atoms with Crippen LogP contribution in [0.15, 0.2) is 57.7 Å². The molecule has 0 aliphatic carbocycles. The molecule has 0 atom stereocenters. The van der Waals surface area contributed by atoms with Crippen molar-refractivity contribution in [2.24, 2.45) is 0 Å². The molecule has 24 heavy (non-hydrogen) atoms. The molecular formula is C17H12N2O5. The fourth-order valence-corrected chi connectivity index (χ4v) is 2.36. The molecule has 7 nitrogen and oxygen atoms in total. The van der Waals surface area contributed by atoms with Crippen LogP contribution in [0.3, 0.4) is 0 Å². The molecule has 1 N–H and O–H groups in total. The monoisotopic (exact) mass is 324 g/mol. The van der Waals surface area contributed by atoms with Gasteiger partial charge in [-0.3, -0.25) is 14.9 Å². The van der Waals surface area contributed by atoms with Crippen LogP contribution in [0.4, 0.5) is 17.1 Å². The van der Waals surface area contributed by atoms with Crippen LogP contribution < -0.4 is 10.9 Å². The summed E-state index contributed by atoms with van der Waals surface area (Å²) >= 11 is 0. The molecule has 1 heterocycles. The Morgan fingerprint density at radius 2 is 1.79 bits per heavy atom. The van der Waals surface area contributed by atoms with E-state index in [2.05, 4.69) is 5.32 Å². The maximum absolute atomic E-state index is 11.9. The van der Waals surface area contributed by atoms with E-state index in [-0.39, 0.29) is 17.1 Å². The molecule has 0 saturated heterocycles. The number of hydrogen-bond acceptors (Lipinski definition) is 6. The number of ketones is 1. The van der Waals surface area contributed by atoms with E-state index in [4.69, 9.17) is 4.42 Å². The molecule has 0 fully saturated rings. The van der Waals surface area contributed by atoms with Gasteiger partial charge in [0, 0.05) is 16.6 Å². The largest absolute Gasteiger partial charge is 0.418 e. The highest BCUT2D eigenvalue weighted by atomic mass is 16.6. The zero-order valence-corrected chi connectivity index (χ0v) is 12.6. The summed E-state index contributed by atoms with van der Waals surface area (Å²) in [5.74, 6) is -0.0849. The number of anilines is 2. The van der Waals surface area contributed by atoms with Gasteiger partial charge < -0.3 is 9.73 Å². The average Bonchev–Trinajstić information content (AvgIpc) is 2.54. The molecule has 2 aromatic carbocycles. The first-order chi connectivity index (χ1) is 11.5. The SMILES string of the molecule is CC(=O)c1ccc(Nc2c([N+](=O)[O-])c(=O)oc3ccccc23)cc1. The summed E-state index contributed by atoms with van der Waals surface area (Å²) in [6.45, 7) is 1.45. The van der Waals surface area contributed by atoms with E-state index in [1.165, 1.54) is 6.92 Å². The fourth-order valence-electron chi connectivity index (χ4n) is 2.36. The summed E-state index contributed by atoms with van der Waals surface area (Å²) in [5.41, 5.74) is -0.351. The molecule has 0 saturated carbocycles. The highest BCUT2D eigenvalue weighted by Gasteiger charge is 2.24. The van der Waals surface area contributed by atoms with Gasteiger partial charge in [-0.05, 0) is 43.3 Å². The third-order valence-corrected chi connectivity index (χ3v) is 3.53. The number of carbonyl (C=O) groups excluding carboxylic acids is 1. The lowest BCUT2D eigenvalue weighted by molar-refractivity contribution is -0.386. The van der Waals surface area contributed by atoms with E-state index >= 15 is 0 Å². The van der Waals surface area contributed by atoms with E-state index < -0.39 is 16.2 Å². The average molecular weight is 324 g/mol. The van der Waals surface area contributed by atoms with Crippen molar-refractivity contribution in [1.29, 1.82) is 0 Å². The van der Waals surface area contributed by atoms with Crippen LogP contribution in [0.1, 0.15) is 17.3 Å². The first-order valence-electron chi connectivity index (χ1n) is 7.05. The van der Waals surface area contributed by atoms with E-state index in [1.54, 1.807) is 48.5 Å². The lowest BCUT2D eigenvalue weighted by atomic mass is 10.1. The zero-order chi connectivity index (χ0) is 17.3. The minimum atomic E-state index is -1.03. The summed E-state index contributed by atoms with van der Waals surface area (Å²) in [7, 11) is 0. The van der Waals surface area contributed by atoms with E-state index in [0.29, 0.717) is 16.6 Å². The molecule has 0 unspecified atom stereocenters. The lowest BCUT2D eigenvalue weighted by Crippen LogP contribution is -2.10. The number of nitro groups is 1. The molecule has 1 aromatic heterocycles. The number of hydrogen-bond donors (Lipinski definition) is 1. The topological polar surface area (TPSA) is 102 Å². The lowest BCUT2D eigenvalue weighted by Gasteiger charge is -2.09. The van der Waals surface area contributed by atoms with E-state index in [0.717, 1.165) is 0 Å². The first kappa shape index (κ1) is 15.4. The van der Waals surface area contributed by atoms with Gasteiger partial charge in [0.2, 0.25) is 0 Å². The number of fused-ring (bicyclic) bond motifs is 1. The Balaban J connectivity index is 2.16. The van der Waals surface area contributed by atoms with Gasteiger partial charge in [-0.15, -0.1) is 0 Å². The molecule has 0 radical (unpaired) electrons. The highest BCUT2D eigenvalue weighted by molar-refractivity contribution is 5.97. The van der Waals surface area contributed by atoms with Gasteiger partial charge in [-0.2, -0.15) is 0 Å². The van der Waals surface area contributed by atoms with Crippen molar-refractivity contribution in [2.45, 2.75) is 6.92 Å². The molecule has 0 aliphatic rings. The Bertz CT molecular complexity index is 1010. The quantitative estimate of drug-likeness (QED) is 0.340. The van der Waals surface area contributed by atoms with E-state index in [1.807, 2.05) is 0 Å². The molecule has 0 amide bonds. The number of Topliss-reactive ketones (excluding diaryl/α,β-unsaturated/α-hetero) is 1. The summed E-state index contributed by atoms with van der Waals surface area (Å²) in [6.07, 6.45) is 0. The summed E-state index contributed by atoms with van der Waals surface area (Å²) < 4.78 is 5.00. The maximum Gasteiger partial charge on any atom is 0.417 e. The molecule has 3 rings (SSSR count). The van der Waals surface area contributed by atoms with Crippen LogP contribution in [0.2, 0.25) is 0 Å². The van der Waals surface area contributed by atoms with Crippen LogP contribution in [0.5, 0.6) is 0 Å². The Morgan fingerprint density at radius 1 is 1.12 bits per heavy atom. The fraction of sp³-hybridized carbons (Fsp3) is 0.0588. The van der Waals surface area contributed by atoms with Crippen molar-refractivity contribution >= 4 is 33.8 Å². The van der Waals surface area contributed by atoms with Gasteiger partial charge in [-0.25, -0.2) is 4.79 Å². The molecule has 3 aromatic rings. The third-order valence-electron chi connectivity index (χ3n) is 3.53. The summed E-state index contributed by atoms with van der Waals surface area (Å²) in [4.78, 5) is 33.8. The normalized spacial score (nSPS) is 10.5. The third kappa shape index (κ3) is 2.74.